The minimum absolute atomic E-state index is 0.0981. The zero-order valence-corrected chi connectivity index (χ0v) is 12.8. The molecule has 0 aromatic carbocycles. The summed E-state index contributed by atoms with van der Waals surface area (Å²) in [4.78, 5) is 27.3. The molecule has 1 amide bonds. The molecule has 0 radical (unpaired) electrons. The molecule has 0 fully saturated rings. The Kier molecular flexibility index (Phi) is 5.51. The van der Waals surface area contributed by atoms with Gasteiger partial charge in [-0.25, -0.2) is 9.78 Å². The monoisotopic (exact) mass is 298 g/mol. The normalized spacial score (nSPS) is 12.7. The van der Waals surface area contributed by atoms with Crippen LogP contribution < -0.4 is 5.32 Å². The van der Waals surface area contributed by atoms with Gasteiger partial charge in [-0.15, -0.1) is 0 Å². The molecule has 0 saturated carbocycles. The average molecular weight is 299 g/mol. The molecule has 6 heteroatoms. The lowest BCUT2D eigenvalue weighted by Gasteiger charge is -2.21. The van der Waals surface area contributed by atoms with Crippen LogP contribution in [0.3, 0.4) is 0 Å². The van der Waals surface area contributed by atoms with Gasteiger partial charge in [-0.2, -0.15) is 0 Å². The summed E-state index contributed by atoms with van der Waals surface area (Å²) >= 11 is 5.65. The van der Waals surface area contributed by atoms with Gasteiger partial charge in [0, 0.05) is 23.7 Å². The first kappa shape index (κ1) is 16.4. The summed E-state index contributed by atoms with van der Waals surface area (Å²) in [7, 11) is 0. The lowest BCUT2D eigenvalue weighted by Crippen LogP contribution is -2.42. The number of ether oxygens (including phenoxy) is 1. The molecular weight excluding hydrogens is 280 g/mol. The van der Waals surface area contributed by atoms with Crippen molar-refractivity contribution in [1.29, 1.82) is 0 Å². The van der Waals surface area contributed by atoms with Gasteiger partial charge in [-0.1, -0.05) is 11.6 Å². The van der Waals surface area contributed by atoms with Crippen LogP contribution in [0.2, 0.25) is 5.15 Å². The molecule has 1 aromatic rings. The number of hydrogen-bond acceptors (Lipinski definition) is 4. The smallest absolute Gasteiger partial charge is 0.407 e. The fourth-order valence-corrected chi connectivity index (χ4v) is 1.59. The predicted octanol–water partition coefficient (Wildman–Crippen LogP) is 3.22. The molecule has 0 aliphatic carbocycles. The van der Waals surface area contributed by atoms with Crippen LogP contribution in [0.4, 0.5) is 4.79 Å². The van der Waals surface area contributed by atoms with Crippen molar-refractivity contribution < 1.29 is 14.3 Å². The highest BCUT2D eigenvalue weighted by Gasteiger charge is 2.19. The van der Waals surface area contributed by atoms with Crippen molar-refractivity contribution in [2.45, 2.75) is 45.8 Å². The standard InChI is InChI=1S/C14H19ClN2O3/c1-9(20-13(19)17-14(2,3)4)7-11(18)10-5-6-12(15)16-8-10/h5-6,8-9H,7H2,1-4H3,(H,17,19). The minimum Gasteiger partial charge on any atom is -0.446 e. The van der Waals surface area contributed by atoms with Crippen LogP contribution in [0.1, 0.15) is 44.5 Å². The number of carbonyl (C=O) groups excluding carboxylic acids is 2. The fourth-order valence-electron chi connectivity index (χ4n) is 1.48. The van der Waals surface area contributed by atoms with E-state index in [0.717, 1.165) is 0 Å². The van der Waals surface area contributed by atoms with E-state index >= 15 is 0 Å². The van der Waals surface area contributed by atoms with Gasteiger partial charge in [0.05, 0.1) is 0 Å². The van der Waals surface area contributed by atoms with Gasteiger partial charge in [0.25, 0.3) is 0 Å². The third-order valence-electron chi connectivity index (χ3n) is 2.31. The molecule has 20 heavy (non-hydrogen) atoms. The number of pyridine rings is 1. The number of nitrogens with zero attached hydrogens (tertiary/aromatic N) is 1. The second kappa shape index (κ2) is 6.70. The number of rotatable bonds is 4. The molecule has 0 saturated heterocycles. The highest BCUT2D eigenvalue weighted by Crippen LogP contribution is 2.10. The molecule has 0 aliphatic heterocycles. The summed E-state index contributed by atoms with van der Waals surface area (Å²) in [6.45, 7) is 7.22. The minimum atomic E-state index is -0.535. The van der Waals surface area contributed by atoms with Gasteiger partial charge in [0.1, 0.15) is 11.3 Å². The van der Waals surface area contributed by atoms with Crippen LogP contribution in [-0.4, -0.2) is 28.5 Å². The maximum absolute atomic E-state index is 11.9. The van der Waals surface area contributed by atoms with Crippen molar-refractivity contribution in [1.82, 2.24) is 10.3 Å². The summed E-state index contributed by atoms with van der Waals surface area (Å²) < 4.78 is 5.12. The SMILES string of the molecule is CC(CC(=O)c1ccc(Cl)nc1)OC(=O)NC(C)(C)C. The van der Waals surface area contributed by atoms with Crippen molar-refractivity contribution in [2.75, 3.05) is 0 Å². The van der Waals surface area contributed by atoms with E-state index in [9.17, 15) is 9.59 Å². The number of nitrogens with one attached hydrogen (secondary N) is 1. The van der Waals surface area contributed by atoms with Crippen molar-refractivity contribution in [3.05, 3.63) is 29.0 Å². The fraction of sp³-hybridized carbons (Fsp3) is 0.500. The number of hydrogen-bond donors (Lipinski definition) is 1. The maximum atomic E-state index is 11.9. The first-order valence-electron chi connectivity index (χ1n) is 6.31. The highest BCUT2D eigenvalue weighted by molar-refractivity contribution is 6.29. The molecule has 5 nitrogen and oxygen atoms in total. The van der Waals surface area contributed by atoms with E-state index < -0.39 is 12.2 Å². The van der Waals surface area contributed by atoms with Gasteiger partial charge < -0.3 is 10.1 Å². The zero-order chi connectivity index (χ0) is 15.3. The Balaban J connectivity index is 2.50. The molecule has 1 aromatic heterocycles. The summed E-state index contributed by atoms with van der Waals surface area (Å²) in [5, 5.41) is 3.00. The first-order chi connectivity index (χ1) is 9.17. The number of alkyl carbamates (subject to hydrolysis) is 1. The number of carbonyl (C=O) groups is 2. The van der Waals surface area contributed by atoms with Gasteiger partial charge in [0.15, 0.2) is 5.78 Å². The Labute approximate surface area is 123 Å². The third kappa shape index (κ3) is 6.02. The summed E-state index contributed by atoms with van der Waals surface area (Å²) in [6.07, 6.45) is 0.459. The van der Waals surface area contributed by atoms with Crippen molar-refractivity contribution in [2.24, 2.45) is 0 Å². The van der Waals surface area contributed by atoms with Crippen molar-refractivity contribution in [3.63, 3.8) is 0 Å². The van der Waals surface area contributed by atoms with Crippen LogP contribution in [0, 0.1) is 0 Å². The predicted molar refractivity (Wildman–Crippen MR) is 77.0 cm³/mol. The highest BCUT2D eigenvalue weighted by atomic mass is 35.5. The quantitative estimate of drug-likeness (QED) is 0.684. The van der Waals surface area contributed by atoms with Crippen LogP contribution in [0.25, 0.3) is 0 Å². The van der Waals surface area contributed by atoms with E-state index in [1.807, 2.05) is 20.8 Å². The molecular formula is C14H19ClN2O3. The van der Waals surface area contributed by atoms with Gasteiger partial charge in [-0.05, 0) is 39.8 Å². The Morgan fingerprint density at radius 2 is 2.05 bits per heavy atom. The molecule has 0 spiro atoms. The lowest BCUT2D eigenvalue weighted by molar-refractivity contribution is 0.0784. The van der Waals surface area contributed by atoms with E-state index in [1.165, 1.54) is 6.20 Å². The Hall–Kier alpha value is -1.62. The number of amides is 1. The molecule has 1 unspecified atom stereocenters. The molecule has 1 heterocycles. The van der Waals surface area contributed by atoms with E-state index in [2.05, 4.69) is 10.3 Å². The number of halogens is 1. The van der Waals surface area contributed by atoms with Crippen LogP contribution in [0.15, 0.2) is 18.3 Å². The summed E-state index contributed by atoms with van der Waals surface area (Å²) in [5.74, 6) is -0.148. The Bertz CT molecular complexity index is 480. The van der Waals surface area contributed by atoms with Crippen molar-refractivity contribution in [3.8, 4) is 0 Å². The number of aromatic nitrogens is 1. The topological polar surface area (TPSA) is 68.3 Å². The van der Waals surface area contributed by atoms with Crippen LogP contribution >= 0.6 is 11.6 Å². The number of ketones is 1. The number of Topliss-reactive ketones (excluding diaryl/α,β-unsaturated/α-hetero) is 1. The third-order valence-corrected chi connectivity index (χ3v) is 2.53. The van der Waals surface area contributed by atoms with Crippen LogP contribution in [-0.2, 0) is 4.74 Å². The molecule has 0 bridgehead atoms. The Morgan fingerprint density at radius 1 is 1.40 bits per heavy atom. The molecule has 1 rings (SSSR count). The van der Waals surface area contributed by atoms with Gasteiger partial charge >= 0.3 is 6.09 Å². The maximum Gasteiger partial charge on any atom is 0.407 e. The van der Waals surface area contributed by atoms with Gasteiger partial charge in [0.2, 0.25) is 0 Å². The van der Waals surface area contributed by atoms with Gasteiger partial charge in [-0.3, -0.25) is 4.79 Å². The van der Waals surface area contributed by atoms with E-state index in [1.54, 1.807) is 19.1 Å². The lowest BCUT2D eigenvalue weighted by atomic mass is 10.1. The van der Waals surface area contributed by atoms with E-state index in [-0.39, 0.29) is 17.7 Å². The molecule has 1 atom stereocenters. The van der Waals surface area contributed by atoms with Crippen LogP contribution in [0.5, 0.6) is 0 Å². The molecule has 110 valence electrons. The second-order valence-electron chi connectivity index (χ2n) is 5.59. The van der Waals surface area contributed by atoms with E-state index in [0.29, 0.717) is 10.7 Å². The first-order valence-corrected chi connectivity index (χ1v) is 6.69. The summed E-state index contributed by atoms with van der Waals surface area (Å²) in [6, 6.07) is 3.15. The second-order valence-corrected chi connectivity index (χ2v) is 5.98. The Morgan fingerprint density at radius 3 is 2.55 bits per heavy atom. The molecule has 1 N–H and O–H groups in total. The largest absolute Gasteiger partial charge is 0.446 e. The zero-order valence-electron chi connectivity index (χ0n) is 12.1. The summed E-state index contributed by atoms with van der Waals surface area (Å²) in [5.41, 5.74) is 0.0713. The van der Waals surface area contributed by atoms with Crippen molar-refractivity contribution >= 4 is 23.5 Å². The average Bonchev–Trinajstić information content (AvgIpc) is 2.26. The molecule has 0 aliphatic rings. The van der Waals surface area contributed by atoms with E-state index in [4.69, 9.17) is 16.3 Å².